The molecule has 1 amide bonds. The van der Waals surface area contributed by atoms with Crippen molar-refractivity contribution < 1.29 is 70.8 Å². The molecule has 2 atom stereocenters. The van der Waals surface area contributed by atoms with E-state index in [1.54, 1.807) is 22.4 Å². The van der Waals surface area contributed by atoms with E-state index in [1.807, 2.05) is 69.1 Å². The molecule has 5 aromatic rings. The summed E-state index contributed by atoms with van der Waals surface area (Å²) in [7, 11) is 1.74. The Balaban J connectivity index is 0.00000220. The fraction of sp³-hybridized carbons (Fsp3) is 0.474. The minimum atomic E-state index is -0.681. The van der Waals surface area contributed by atoms with Gasteiger partial charge in [0.05, 0.1) is 29.3 Å². The van der Waals surface area contributed by atoms with Crippen LogP contribution in [0.25, 0.3) is 28.4 Å². The van der Waals surface area contributed by atoms with E-state index >= 15 is 4.39 Å². The van der Waals surface area contributed by atoms with Crippen molar-refractivity contribution in [2.45, 2.75) is 92.3 Å². The molecule has 4 aliphatic rings. The van der Waals surface area contributed by atoms with E-state index < -0.39 is 6.04 Å². The van der Waals surface area contributed by atoms with Crippen molar-refractivity contribution in [1.82, 2.24) is 38.3 Å². The molecule has 0 bridgehead atoms. The van der Waals surface area contributed by atoms with Crippen LogP contribution in [-0.4, -0.2) is 133 Å². The number of rotatable bonds is 14. The van der Waals surface area contributed by atoms with Crippen molar-refractivity contribution in [2.75, 3.05) is 77.3 Å². The van der Waals surface area contributed by atoms with Crippen LogP contribution in [0.2, 0.25) is 0 Å². The van der Waals surface area contributed by atoms with Gasteiger partial charge in [-0.15, -0.1) is 0 Å². The van der Waals surface area contributed by atoms with Crippen LogP contribution in [0.4, 0.5) is 10.1 Å². The number of pyridine rings is 2. The Hall–Kier alpha value is -4.40. The van der Waals surface area contributed by atoms with Crippen molar-refractivity contribution in [3.63, 3.8) is 0 Å². The maximum Gasteiger partial charge on any atom is 1.00 e. The van der Waals surface area contributed by atoms with E-state index in [4.69, 9.17) is 5.73 Å². The van der Waals surface area contributed by atoms with Gasteiger partial charge in [0.1, 0.15) is 5.82 Å². The molecule has 4 aliphatic heterocycles. The number of likely N-dealkylation sites (tertiary alicyclic amines) is 1. The van der Waals surface area contributed by atoms with Gasteiger partial charge in [0.15, 0.2) is 5.78 Å². The molecule has 0 saturated carbocycles. The number of hydrogen-bond acceptors (Lipinski definition) is 11. The molecule has 15 nitrogen and oxygen atoms in total. The summed E-state index contributed by atoms with van der Waals surface area (Å²) in [4.78, 5) is 66.9. The summed E-state index contributed by atoms with van der Waals surface area (Å²) in [5.41, 5.74) is 16.3. The van der Waals surface area contributed by atoms with Crippen LogP contribution in [-0.2, 0) is 24.8 Å². The van der Waals surface area contributed by atoms with Crippen molar-refractivity contribution >= 4 is 40.1 Å². The van der Waals surface area contributed by atoms with Crippen LogP contribution in [0, 0.1) is 32.5 Å². The summed E-state index contributed by atoms with van der Waals surface area (Å²) in [6, 6.07) is 12.9. The molecular weight excluding hydrogens is 963 g/mol. The number of carbonyl (C=O) groups excluding carboxylic acids is 2. The maximum atomic E-state index is 16.1. The minimum Gasteiger partial charge on any atom is -0.870 e. The van der Waals surface area contributed by atoms with E-state index in [1.165, 1.54) is 10.6 Å². The molecule has 0 spiro atoms. The molecule has 2 fully saturated rings. The summed E-state index contributed by atoms with van der Waals surface area (Å²) in [6.07, 6.45) is 11.3. The summed E-state index contributed by atoms with van der Waals surface area (Å²) < 4.78 is 20.9. The van der Waals surface area contributed by atoms with Crippen LogP contribution in [0.1, 0.15) is 103 Å². The second kappa shape index (κ2) is 26.1. The number of piperidine rings is 1. The molecule has 0 aliphatic carbocycles. The number of piperazine rings is 1. The Kier molecular flexibility index (Phi) is 20.8. The first-order chi connectivity index (χ1) is 34.7. The Labute approximate surface area is 478 Å². The molecule has 0 radical (unpaired) electrons. The summed E-state index contributed by atoms with van der Waals surface area (Å²) in [6.45, 7) is 24.8. The number of amides is 1. The van der Waals surface area contributed by atoms with Crippen LogP contribution in [0.5, 0.6) is 0 Å². The molecule has 4 N–H and O–H groups in total. The van der Waals surface area contributed by atoms with Gasteiger partial charge < -0.3 is 28.4 Å². The molecule has 9 rings (SSSR count). The molecule has 3 aromatic heterocycles. The number of nitrogens with zero attached hydrogens (tertiary/aromatic N) is 8. The van der Waals surface area contributed by atoms with Crippen molar-refractivity contribution in [3.05, 3.63) is 139 Å². The smallest absolute Gasteiger partial charge is 0.870 e. The van der Waals surface area contributed by atoms with Crippen molar-refractivity contribution in [3.8, 4) is 5.69 Å². The van der Waals surface area contributed by atoms with Gasteiger partial charge in [-0.25, -0.2) is 9.18 Å². The van der Waals surface area contributed by atoms with Gasteiger partial charge in [0, 0.05) is 131 Å². The maximum absolute atomic E-state index is 16.1. The van der Waals surface area contributed by atoms with Gasteiger partial charge >= 0.3 is 57.1 Å². The average molecular weight is 1040 g/mol. The first-order valence-electron chi connectivity index (χ1n) is 26.0. The molecule has 392 valence electrons. The van der Waals surface area contributed by atoms with Crippen molar-refractivity contribution in [2.24, 2.45) is 18.7 Å². The number of carbonyl (C=O) groups is 2. The number of Topliss-reactive ketones (excluding diaryl/α,β-unsaturated/α-hetero) is 1. The van der Waals surface area contributed by atoms with Crippen LogP contribution in [0.15, 0.2) is 76.1 Å². The predicted octanol–water partition coefficient (Wildman–Crippen LogP) is 4.01. The van der Waals surface area contributed by atoms with Crippen LogP contribution < -0.4 is 73.7 Å². The second-order valence-corrected chi connectivity index (χ2v) is 20.1. The van der Waals surface area contributed by atoms with E-state index in [0.29, 0.717) is 61.1 Å². The number of benzene rings is 2. The molecule has 2 unspecified atom stereocenters. The van der Waals surface area contributed by atoms with Crippen LogP contribution >= 0.6 is 0 Å². The SMILES string of the molecule is CC.[CH2-]CC(C(=O)CN)n1c(=O)n(C)c2cc(CN3CCN(CC4CCN(C(=O)c5cc(C)c(C6=CCN(C/C(C)=C/c7c(-n8ccc9c(c8=O)CCN9)ccnc7C)CC6)c(F)c5)CC4)C(C)C3)ccc21.[K+].[OH-]. The van der Waals surface area contributed by atoms with Gasteiger partial charge in [-0.3, -0.25) is 47.8 Å². The third-order valence-corrected chi connectivity index (χ3v) is 15.3. The van der Waals surface area contributed by atoms with E-state index in [-0.39, 0.29) is 98.6 Å². The zero-order valence-electron chi connectivity index (χ0n) is 44.9. The second-order valence-electron chi connectivity index (χ2n) is 20.1. The molecule has 17 heteroatoms. The fourth-order valence-corrected chi connectivity index (χ4v) is 11.4. The fourth-order valence-electron chi connectivity index (χ4n) is 11.4. The van der Waals surface area contributed by atoms with Crippen LogP contribution in [0.3, 0.4) is 0 Å². The van der Waals surface area contributed by atoms with E-state index in [2.05, 4.69) is 64.0 Å². The Morgan fingerprint density at radius 2 is 1.74 bits per heavy atom. The monoisotopic (exact) mass is 1040 g/mol. The van der Waals surface area contributed by atoms with E-state index in [9.17, 15) is 19.2 Å². The third-order valence-electron chi connectivity index (χ3n) is 15.3. The number of imidazole rings is 1. The van der Waals surface area contributed by atoms with Gasteiger partial charge in [-0.05, 0) is 112 Å². The number of hydrogen-bond donors (Lipinski definition) is 2. The molecule has 2 saturated heterocycles. The first-order valence-corrected chi connectivity index (χ1v) is 26.0. The molecule has 74 heavy (non-hydrogen) atoms. The molecular formula is C57H75FKN10O5-. The topological polar surface area (TPSA) is 177 Å². The number of fused-ring (bicyclic) bond motifs is 2. The number of anilines is 1. The quantitative estimate of drug-likeness (QED) is 0.122. The number of halogens is 1. The average Bonchev–Trinajstić information content (AvgIpc) is 3.96. The van der Waals surface area contributed by atoms with Crippen molar-refractivity contribution in [1.29, 1.82) is 0 Å². The summed E-state index contributed by atoms with van der Waals surface area (Å²) >= 11 is 0. The number of nitrogens with one attached hydrogen (secondary N) is 1. The Bertz CT molecular complexity index is 2980. The number of ketones is 1. The van der Waals surface area contributed by atoms with E-state index in [0.717, 1.165) is 121 Å². The minimum absolute atomic E-state index is 0. The van der Waals surface area contributed by atoms with Gasteiger partial charge in [-0.1, -0.05) is 37.6 Å². The Morgan fingerprint density at radius 3 is 2.42 bits per heavy atom. The summed E-state index contributed by atoms with van der Waals surface area (Å²) in [5, 5.41) is 3.29. The van der Waals surface area contributed by atoms with Gasteiger partial charge in [0.25, 0.3) is 11.5 Å². The number of aromatic nitrogens is 4. The Morgan fingerprint density at radius 1 is 0.986 bits per heavy atom. The first kappa shape index (κ1) is 58.9. The largest absolute Gasteiger partial charge is 1.00 e. The zero-order chi connectivity index (χ0) is 51.4. The standard InChI is InChI=1S/C55H68FN10O4.C2H6.K.H2O/c1-7-47(51(67)30-57)66-49-9-8-40(28-50(49)60(6)55(66)70)33-62-24-25-64(37(4)32-62)34-39-12-21-63(22-13-39)53(68)42-27-36(3)52(45(56)29-42)41-14-19-61(20-15-41)31-35(2)26-44-38(5)58-18-11-48(44)65-23-16-46-43(54(65)69)10-17-59-46;1-2;;/h8-9,11,14,16,18,23,26-29,37,39,47,59H,1,7,10,12-13,15,17,19-22,24-25,30-34,57H2,2-6H3;1-2H3;;1H2/q-1;;+1;/p-1/b35-26+;;;. The number of aryl methyl sites for hydroxylation is 3. The molecule has 7 heterocycles. The third kappa shape index (κ3) is 12.5. The summed E-state index contributed by atoms with van der Waals surface area (Å²) in [5.74, 6) is -0.174. The van der Waals surface area contributed by atoms with Gasteiger partial charge in [-0.2, -0.15) is 6.42 Å². The van der Waals surface area contributed by atoms with Gasteiger partial charge in [0.2, 0.25) is 0 Å². The predicted molar refractivity (Wildman–Crippen MR) is 289 cm³/mol. The number of nitrogens with two attached hydrogens (primary N) is 1. The zero-order valence-corrected chi connectivity index (χ0v) is 48.0. The molecule has 2 aromatic carbocycles. The normalized spacial score (nSPS) is 18.1.